The minimum Gasteiger partial charge on any atom is -0.271 e. The molecule has 0 radical (unpaired) electrons. The molecule has 7 heteroatoms. The van der Waals surface area contributed by atoms with Crippen molar-refractivity contribution in [1.82, 2.24) is 20.4 Å². The summed E-state index contributed by atoms with van der Waals surface area (Å²) in [7, 11) is 0. The molecule has 0 saturated carbocycles. The van der Waals surface area contributed by atoms with Gasteiger partial charge in [0, 0.05) is 11.0 Å². The van der Waals surface area contributed by atoms with E-state index >= 15 is 0 Å². The van der Waals surface area contributed by atoms with Crippen molar-refractivity contribution in [3.63, 3.8) is 0 Å². The fourth-order valence-electron chi connectivity index (χ4n) is 1.95. The second kappa shape index (κ2) is 6.23. The molecule has 102 valence electrons. The summed E-state index contributed by atoms with van der Waals surface area (Å²) < 4.78 is 16.0. The van der Waals surface area contributed by atoms with Gasteiger partial charge in [0.15, 0.2) is 0 Å². The lowest BCUT2D eigenvalue weighted by Gasteiger charge is -2.18. The average molecular weight is 328 g/mol. The molecule has 0 fully saturated rings. The van der Waals surface area contributed by atoms with E-state index in [0.717, 1.165) is 23.1 Å². The third-order valence-corrected chi connectivity index (χ3v) is 3.54. The number of aromatic nitrogens is 3. The average Bonchev–Trinajstić information content (AvgIpc) is 2.83. The van der Waals surface area contributed by atoms with Gasteiger partial charge in [-0.05, 0) is 30.2 Å². The minimum atomic E-state index is -0.369. The Morgan fingerprint density at radius 1 is 1.53 bits per heavy atom. The predicted molar refractivity (Wildman–Crippen MR) is 73.6 cm³/mol. The number of benzene rings is 1. The molecule has 5 nitrogen and oxygen atoms in total. The van der Waals surface area contributed by atoms with E-state index in [1.54, 1.807) is 16.9 Å². The molecule has 2 rings (SSSR count). The third-order valence-electron chi connectivity index (χ3n) is 2.81. The molecule has 0 spiro atoms. The van der Waals surface area contributed by atoms with Crippen LogP contribution >= 0.6 is 15.9 Å². The molecule has 3 N–H and O–H groups in total. The van der Waals surface area contributed by atoms with Gasteiger partial charge in [-0.25, -0.2) is 14.5 Å². The topological polar surface area (TPSA) is 68.8 Å². The first kappa shape index (κ1) is 14.1. The van der Waals surface area contributed by atoms with Crippen molar-refractivity contribution in [1.29, 1.82) is 0 Å². The van der Waals surface area contributed by atoms with Gasteiger partial charge in [0.05, 0.1) is 17.9 Å². The van der Waals surface area contributed by atoms with E-state index in [9.17, 15) is 4.39 Å². The Morgan fingerprint density at radius 3 is 3.00 bits per heavy atom. The molecule has 1 aromatic heterocycles. The maximum atomic E-state index is 13.4. The van der Waals surface area contributed by atoms with E-state index in [-0.39, 0.29) is 11.9 Å². The summed E-state index contributed by atoms with van der Waals surface area (Å²) in [6, 6.07) is 4.12. The van der Waals surface area contributed by atoms with Gasteiger partial charge in [-0.2, -0.15) is 0 Å². The van der Waals surface area contributed by atoms with Gasteiger partial charge in [-0.1, -0.05) is 28.1 Å². The zero-order valence-corrected chi connectivity index (χ0v) is 12.1. The number of hydrogen-bond donors (Lipinski definition) is 2. The Bertz CT molecular complexity index is 557. The number of aryl methyl sites for hydroxylation is 1. The molecule has 1 heterocycles. The number of nitrogens with zero attached hydrogens (tertiary/aromatic N) is 3. The molecule has 1 unspecified atom stereocenters. The van der Waals surface area contributed by atoms with Crippen molar-refractivity contribution in [3.8, 4) is 0 Å². The highest BCUT2D eigenvalue weighted by Gasteiger charge is 2.20. The lowest BCUT2D eigenvalue weighted by atomic mass is 10.0. The summed E-state index contributed by atoms with van der Waals surface area (Å²) in [5.74, 6) is 5.31. The van der Waals surface area contributed by atoms with Gasteiger partial charge in [-0.15, -0.1) is 5.10 Å². The first-order chi connectivity index (χ1) is 9.17. The van der Waals surface area contributed by atoms with Crippen LogP contribution in [0.2, 0.25) is 0 Å². The summed E-state index contributed by atoms with van der Waals surface area (Å²) in [5.41, 5.74) is 4.20. The molecule has 19 heavy (non-hydrogen) atoms. The fraction of sp³-hybridized carbons (Fsp3) is 0.333. The van der Waals surface area contributed by atoms with E-state index in [2.05, 4.69) is 38.6 Å². The molecule has 1 aromatic carbocycles. The highest BCUT2D eigenvalue weighted by molar-refractivity contribution is 9.10. The highest BCUT2D eigenvalue weighted by Crippen LogP contribution is 2.28. The van der Waals surface area contributed by atoms with Gasteiger partial charge in [0.2, 0.25) is 0 Å². The van der Waals surface area contributed by atoms with Crippen LogP contribution in [-0.2, 0) is 6.54 Å². The van der Waals surface area contributed by atoms with Crippen molar-refractivity contribution in [2.45, 2.75) is 25.9 Å². The van der Waals surface area contributed by atoms with Crippen molar-refractivity contribution >= 4 is 15.9 Å². The van der Waals surface area contributed by atoms with E-state index < -0.39 is 0 Å². The number of hydrazine groups is 1. The van der Waals surface area contributed by atoms with E-state index in [1.807, 2.05) is 0 Å². The number of nitrogens with two attached hydrogens (primary N) is 1. The van der Waals surface area contributed by atoms with Gasteiger partial charge < -0.3 is 0 Å². The van der Waals surface area contributed by atoms with Crippen molar-refractivity contribution in [2.24, 2.45) is 5.84 Å². The lowest BCUT2D eigenvalue weighted by molar-refractivity contribution is 0.509. The summed E-state index contributed by atoms with van der Waals surface area (Å²) in [5, 5.41) is 7.91. The molecule has 0 aliphatic rings. The Kier molecular flexibility index (Phi) is 4.62. The second-order valence-electron chi connectivity index (χ2n) is 4.15. The van der Waals surface area contributed by atoms with Crippen LogP contribution < -0.4 is 11.3 Å². The summed E-state index contributed by atoms with van der Waals surface area (Å²) in [6.07, 6.45) is 2.56. The fourth-order valence-corrected chi connectivity index (χ4v) is 2.42. The third kappa shape index (κ3) is 2.99. The van der Waals surface area contributed by atoms with Gasteiger partial charge in [0.1, 0.15) is 5.82 Å². The highest BCUT2D eigenvalue weighted by atomic mass is 79.9. The van der Waals surface area contributed by atoms with Crippen molar-refractivity contribution in [2.75, 3.05) is 0 Å². The van der Waals surface area contributed by atoms with E-state index in [0.29, 0.717) is 5.56 Å². The number of hydrogen-bond acceptors (Lipinski definition) is 4. The quantitative estimate of drug-likeness (QED) is 0.652. The van der Waals surface area contributed by atoms with E-state index in [1.165, 1.54) is 12.1 Å². The van der Waals surface area contributed by atoms with Crippen LogP contribution in [0.15, 0.2) is 28.9 Å². The minimum absolute atomic E-state index is 0.312. The number of nitrogens with one attached hydrogen (secondary N) is 1. The van der Waals surface area contributed by atoms with Crippen LogP contribution in [0.3, 0.4) is 0 Å². The Balaban J connectivity index is 2.44. The maximum Gasteiger partial charge on any atom is 0.123 e. The van der Waals surface area contributed by atoms with Gasteiger partial charge in [-0.3, -0.25) is 5.84 Å². The summed E-state index contributed by atoms with van der Waals surface area (Å²) in [4.78, 5) is 0. The van der Waals surface area contributed by atoms with Crippen LogP contribution in [0.5, 0.6) is 0 Å². The van der Waals surface area contributed by atoms with Crippen LogP contribution in [0, 0.1) is 5.82 Å². The van der Waals surface area contributed by atoms with E-state index in [4.69, 9.17) is 5.84 Å². The maximum absolute atomic E-state index is 13.4. The molecular weight excluding hydrogens is 313 g/mol. The smallest absolute Gasteiger partial charge is 0.123 e. The zero-order chi connectivity index (χ0) is 13.8. The zero-order valence-electron chi connectivity index (χ0n) is 10.5. The monoisotopic (exact) mass is 327 g/mol. The molecule has 0 bridgehead atoms. The van der Waals surface area contributed by atoms with Crippen molar-refractivity contribution < 1.29 is 4.39 Å². The predicted octanol–water partition coefficient (Wildman–Crippen LogP) is 2.14. The molecule has 2 aromatic rings. The van der Waals surface area contributed by atoms with Crippen LogP contribution in [0.4, 0.5) is 4.39 Å². The molecule has 0 saturated heterocycles. The lowest BCUT2D eigenvalue weighted by Crippen LogP contribution is -2.31. The van der Waals surface area contributed by atoms with Crippen LogP contribution in [0.25, 0.3) is 0 Å². The SMILES string of the molecule is CCCn1nncc1C(NN)c1cc(F)ccc1Br. The first-order valence-electron chi connectivity index (χ1n) is 5.96. The second-order valence-corrected chi connectivity index (χ2v) is 5.00. The largest absolute Gasteiger partial charge is 0.271 e. The molecule has 0 aliphatic heterocycles. The van der Waals surface area contributed by atoms with Crippen molar-refractivity contribution in [3.05, 3.63) is 45.9 Å². The molecular formula is C12H15BrFN5. The summed E-state index contributed by atoms with van der Waals surface area (Å²) in [6.45, 7) is 2.79. The van der Waals surface area contributed by atoms with Gasteiger partial charge in [0.25, 0.3) is 0 Å². The normalized spacial score (nSPS) is 12.6. The molecule has 0 amide bonds. The Hall–Kier alpha value is -1.31. The first-order valence-corrected chi connectivity index (χ1v) is 6.76. The molecule has 1 atom stereocenters. The summed E-state index contributed by atoms with van der Waals surface area (Å²) >= 11 is 3.41. The Morgan fingerprint density at radius 2 is 2.32 bits per heavy atom. The standard InChI is InChI=1S/C12H15BrFN5/c1-2-5-19-11(7-16-18-19)12(17-15)9-6-8(14)3-4-10(9)13/h3-4,6-7,12,17H,2,5,15H2,1H3. The number of rotatable bonds is 5. The Labute approximate surface area is 119 Å². The van der Waals surface area contributed by atoms with Gasteiger partial charge >= 0.3 is 0 Å². The van der Waals surface area contributed by atoms with Crippen LogP contribution in [-0.4, -0.2) is 15.0 Å². The van der Waals surface area contributed by atoms with Crippen LogP contribution in [0.1, 0.15) is 30.6 Å². The molecule has 0 aliphatic carbocycles. The number of halogens is 2.